The minimum absolute atomic E-state index is 0.407. The number of methoxy groups -OCH3 is 1. The first-order chi connectivity index (χ1) is 10.2. The van der Waals surface area contributed by atoms with E-state index in [0.29, 0.717) is 11.1 Å². The third-order valence-corrected chi connectivity index (χ3v) is 5.49. The van der Waals surface area contributed by atoms with Crippen LogP contribution < -0.4 is 10.1 Å². The molecule has 1 N–H and O–H groups in total. The van der Waals surface area contributed by atoms with Gasteiger partial charge in [0, 0.05) is 6.04 Å². The molecule has 1 aromatic carbocycles. The molecular formula is C17H26ClNOS. The van der Waals surface area contributed by atoms with Crippen molar-refractivity contribution in [3.8, 4) is 5.75 Å². The molecular weight excluding hydrogens is 302 g/mol. The van der Waals surface area contributed by atoms with Crippen LogP contribution in [0.4, 0.5) is 0 Å². The van der Waals surface area contributed by atoms with Crippen molar-refractivity contribution in [1.82, 2.24) is 5.32 Å². The van der Waals surface area contributed by atoms with E-state index in [2.05, 4.69) is 36.1 Å². The summed E-state index contributed by atoms with van der Waals surface area (Å²) in [5, 5.41) is 4.38. The average Bonchev–Trinajstić information content (AvgIpc) is 2.53. The summed E-state index contributed by atoms with van der Waals surface area (Å²) in [5.74, 6) is 4.24. The van der Waals surface area contributed by atoms with Crippen LogP contribution in [0.1, 0.15) is 44.2 Å². The predicted molar refractivity (Wildman–Crippen MR) is 93.7 cm³/mol. The minimum atomic E-state index is 0.407. The van der Waals surface area contributed by atoms with Gasteiger partial charge in [-0.2, -0.15) is 11.8 Å². The first-order valence-electron chi connectivity index (χ1n) is 7.89. The van der Waals surface area contributed by atoms with Gasteiger partial charge in [-0.3, -0.25) is 0 Å². The van der Waals surface area contributed by atoms with Crippen LogP contribution in [0.25, 0.3) is 0 Å². The van der Waals surface area contributed by atoms with Crippen molar-refractivity contribution < 1.29 is 4.74 Å². The van der Waals surface area contributed by atoms with E-state index in [1.54, 1.807) is 7.11 Å². The lowest BCUT2D eigenvalue weighted by molar-refractivity contribution is 0.368. The number of ether oxygens (including phenoxy) is 1. The van der Waals surface area contributed by atoms with Gasteiger partial charge in [-0.05, 0) is 67.3 Å². The maximum Gasteiger partial charge on any atom is 0.137 e. The molecule has 4 heteroatoms. The van der Waals surface area contributed by atoms with Crippen molar-refractivity contribution in [1.29, 1.82) is 0 Å². The van der Waals surface area contributed by atoms with E-state index < -0.39 is 0 Å². The van der Waals surface area contributed by atoms with E-state index in [9.17, 15) is 0 Å². The molecule has 1 unspecified atom stereocenters. The molecule has 0 amide bonds. The normalized spacial score (nSPS) is 17.7. The summed E-state index contributed by atoms with van der Waals surface area (Å²) in [4.78, 5) is 0. The van der Waals surface area contributed by atoms with Crippen molar-refractivity contribution >= 4 is 23.4 Å². The van der Waals surface area contributed by atoms with Crippen LogP contribution in [0, 0.1) is 5.92 Å². The van der Waals surface area contributed by atoms with Gasteiger partial charge in [0.25, 0.3) is 0 Å². The summed E-state index contributed by atoms with van der Waals surface area (Å²) in [5.41, 5.74) is 1.29. The summed E-state index contributed by atoms with van der Waals surface area (Å²) in [6.07, 6.45) is 5.06. The van der Waals surface area contributed by atoms with Gasteiger partial charge in [-0.1, -0.05) is 24.6 Å². The molecule has 1 aliphatic heterocycles. The molecule has 1 heterocycles. The van der Waals surface area contributed by atoms with Gasteiger partial charge >= 0.3 is 0 Å². The number of rotatable bonds is 7. The van der Waals surface area contributed by atoms with Crippen LogP contribution >= 0.6 is 23.4 Å². The van der Waals surface area contributed by atoms with Gasteiger partial charge in [0.05, 0.1) is 12.1 Å². The highest BCUT2D eigenvalue weighted by molar-refractivity contribution is 7.99. The van der Waals surface area contributed by atoms with Gasteiger partial charge in [-0.25, -0.2) is 0 Å². The molecule has 0 spiro atoms. The largest absolute Gasteiger partial charge is 0.495 e. The number of hydrogen-bond acceptors (Lipinski definition) is 3. The molecule has 1 atom stereocenters. The number of nitrogens with one attached hydrogen (secondary N) is 1. The first kappa shape index (κ1) is 17.0. The average molecular weight is 328 g/mol. The van der Waals surface area contributed by atoms with Crippen LogP contribution in [0.3, 0.4) is 0 Å². The van der Waals surface area contributed by atoms with Gasteiger partial charge in [0.15, 0.2) is 0 Å². The maximum atomic E-state index is 6.15. The third-order valence-electron chi connectivity index (χ3n) is 4.13. The molecule has 0 saturated carbocycles. The van der Waals surface area contributed by atoms with Crippen molar-refractivity contribution in [2.75, 3.05) is 25.2 Å². The van der Waals surface area contributed by atoms with Crippen molar-refractivity contribution in [2.45, 2.75) is 38.6 Å². The molecule has 1 saturated heterocycles. The Kier molecular flexibility index (Phi) is 7.21. The Morgan fingerprint density at radius 2 is 2.14 bits per heavy atom. The SMILES string of the molecule is CCCNC(CC1CCSCC1)c1ccc(Cl)c(OC)c1. The number of thioether (sulfide) groups is 1. The Balaban J connectivity index is 2.10. The molecule has 21 heavy (non-hydrogen) atoms. The summed E-state index contributed by atoms with van der Waals surface area (Å²) in [6.45, 7) is 3.26. The Morgan fingerprint density at radius 1 is 1.38 bits per heavy atom. The van der Waals surface area contributed by atoms with Crippen molar-refractivity contribution in [3.05, 3.63) is 28.8 Å². The molecule has 2 nitrogen and oxygen atoms in total. The minimum Gasteiger partial charge on any atom is -0.495 e. The standard InChI is InChI=1S/C17H26ClNOS/c1-3-8-19-16(11-13-6-9-21-10-7-13)14-4-5-15(18)17(12-14)20-2/h4-5,12-13,16,19H,3,6-11H2,1-2H3. The topological polar surface area (TPSA) is 21.3 Å². The molecule has 2 rings (SSSR count). The molecule has 0 aliphatic carbocycles. The quantitative estimate of drug-likeness (QED) is 0.767. The van der Waals surface area contributed by atoms with Gasteiger partial charge in [0.1, 0.15) is 5.75 Å². The second-order valence-electron chi connectivity index (χ2n) is 5.69. The number of benzene rings is 1. The highest BCUT2D eigenvalue weighted by Crippen LogP contribution is 2.34. The Bertz CT molecular complexity index is 435. The molecule has 0 radical (unpaired) electrons. The van der Waals surface area contributed by atoms with Crippen LogP contribution in [0.15, 0.2) is 18.2 Å². The molecule has 1 aromatic rings. The number of hydrogen-bond donors (Lipinski definition) is 1. The van der Waals surface area contributed by atoms with E-state index >= 15 is 0 Å². The van der Waals surface area contributed by atoms with Crippen molar-refractivity contribution in [2.24, 2.45) is 5.92 Å². The highest BCUT2D eigenvalue weighted by atomic mass is 35.5. The Hall–Kier alpha value is -0.380. The Labute approximate surface area is 138 Å². The van der Waals surface area contributed by atoms with E-state index in [-0.39, 0.29) is 0 Å². The molecule has 0 aromatic heterocycles. The molecule has 0 bridgehead atoms. The van der Waals surface area contributed by atoms with Crippen LogP contribution in [0.5, 0.6) is 5.75 Å². The van der Waals surface area contributed by atoms with Crippen LogP contribution in [0.2, 0.25) is 5.02 Å². The summed E-state index contributed by atoms with van der Waals surface area (Å²) in [6, 6.07) is 6.58. The van der Waals surface area contributed by atoms with E-state index in [1.165, 1.54) is 36.3 Å². The van der Waals surface area contributed by atoms with E-state index in [4.69, 9.17) is 16.3 Å². The van der Waals surface area contributed by atoms with Crippen molar-refractivity contribution in [3.63, 3.8) is 0 Å². The summed E-state index contributed by atoms with van der Waals surface area (Å²) >= 11 is 8.24. The fourth-order valence-electron chi connectivity index (χ4n) is 2.86. The predicted octanol–water partition coefficient (Wildman–Crippen LogP) is 4.92. The van der Waals surface area contributed by atoms with Crippen LogP contribution in [-0.4, -0.2) is 25.2 Å². The zero-order valence-corrected chi connectivity index (χ0v) is 14.6. The Morgan fingerprint density at radius 3 is 2.81 bits per heavy atom. The lowest BCUT2D eigenvalue weighted by Gasteiger charge is -2.27. The molecule has 118 valence electrons. The van der Waals surface area contributed by atoms with Gasteiger partial charge < -0.3 is 10.1 Å². The van der Waals surface area contributed by atoms with Gasteiger partial charge in [-0.15, -0.1) is 0 Å². The van der Waals surface area contributed by atoms with Gasteiger partial charge in [0.2, 0.25) is 0 Å². The monoisotopic (exact) mass is 327 g/mol. The lowest BCUT2D eigenvalue weighted by Crippen LogP contribution is -2.26. The highest BCUT2D eigenvalue weighted by Gasteiger charge is 2.20. The lowest BCUT2D eigenvalue weighted by atomic mass is 9.90. The second-order valence-corrected chi connectivity index (χ2v) is 7.32. The third kappa shape index (κ3) is 5.08. The fourth-order valence-corrected chi connectivity index (χ4v) is 4.26. The smallest absolute Gasteiger partial charge is 0.137 e. The van der Waals surface area contributed by atoms with Crippen LogP contribution in [-0.2, 0) is 0 Å². The zero-order chi connectivity index (χ0) is 15.1. The van der Waals surface area contributed by atoms with E-state index in [1.807, 2.05) is 6.07 Å². The molecule has 1 aliphatic rings. The van der Waals surface area contributed by atoms with E-state index in [0.717, 1.165) is 24.6 Å². The summed E-state index contributed by atoms with van der Waals surface area (Å²) in [7, 11) is 1.68. The summed E-state index contributed by atoms with van der Waals surface area (Å²) < 4.78 is 5.37. The fraction of sp³-hybridized carbons (Fsp3) is 0.647. The zero-order valence-electron chi connectivity index (χ0n) is 13.0. The molecule has 1 fully saturated rings. The number of halogens is 1. The first-order valence-corrected chi connectivity index (χ1v) is 9.42. The second kappa shape index (κ2) is 8.92. The maximum absolute atomic E-state index is 6.15.